The lowest BCUT2D eigenvalue weighted by Crippen LogP contribution is -2.39. The number of rotatable bonds is 3. The maximum atomic E-state index is 12.0. The Labute approximate surface area is 135 Å². The molecule has 1 unspecified atom stereocenters. The largest absolute Gasteiger partial charge is 0.464 e. The summed E-state index contributed by atoms with van der Waals surface area (Å²) in [7, 11) is 2.03. The van der Waals surface area contributed by atoms with Gasteiger partial charge in [0.05, 0.1) is 12.1 Å². The molecular formula is C18H22N2O3. The van der Waals surface area contributed by atoms with E-state index in [4.69, 9.17) is 4.74 Å². The Hall–Kier alpha value is -2.01. The van der Waals surface area contributed by atoms with Crippen LogP contribution in [0.1, 0.15) is 42.9 Å². The van der Waals surface area contributed by atoms with Crippen LogP contribution in [0, 0.1) is 0 Å². The molecule has 3 aliphatic rings. The molecule has 4 heterocycles. The Morgan fingerprint density at radius 1 is 1.39 bits per heavy atom. The van der Waals surface area contributed by atoms with Gasteiger partial charge < -0.3 is 19.3 Å². The van der Waals surface area contributed by atoms with Crippen molar-refractivity contribution in [3.63, 3.8) is 0 Å². The Kier molecular flexibility index (Phi) is 3.34. The van der Waals surface area contributed by atoms with Crippen LogP contribution in [0.3, 0.4) is 0 Å². The number of ether oxygens (including phenoxy) is 1. The molecule has 0 radical (unpaired) electrons. The molecule has 1 fully saturated rings. The molecule has 2 aromatic rings. The molecule has 1 atom stereocenters. The number of aryl methyl sites for hydroxylation is 1. The van der Waals surface area contributed by atoms with Gasteiger partial charge in [-0.25, -0.2) is 4.79 Å². The predicted molar refractivity (Wildman–Crippen MR) is 88.7 cm³/mol. The number of hydrogen-bond donors (Lipinski definition) is 1. The number of nitrogens with zero attached hydrogens (tertiary/aromatic N) is 2. The second kappa shape index (κ2) is 5.27. The van der Waals surface area contributed by atoms with Gasteiger partial charge in [0.15, 0.2) is 6.10 Å². The van der Waals surface area contributed by atoms with Crippen molar-refractivity contribution >= 4 is 22.7 Å². The smallest absolute Gasteiger partial charge is 0.339 e. The van der Waals surface area contributed by atoms with E-state index in [1.165, 1.54) is 24.2 Å². The number of carbonyl (C=O) groups excluding carboxylic acids is 1. The van der Waals surface area contributed by atoms with Crippen LogP contribution in [0.15, 0.2) is 18.2 Å². The number of aromatic nitrogens is 1. The van der Waals surface area contributed by atoms with Crippen LogP contribution >= 0.6 is 0 Å². The van der Waals surface area contributed by atoms with E-state index < -0.39 is 12.1 Å². The molecular weight excluding hydrogens is 292 g/mol. The fourth-order valence-electron chi connectivity index (χ4n) is 4.29. The van der Waals surface area contributed by atoms with Crippen molar-refractivity contribution in [3.05, 3.63) is 29.3 Å². The minimum absolute atomic E-state index is 0.269. The Morgan fingerprint density at radius 2 is 2.13 bits per heavy atom. The zero-order chi connectivity index (χ0) is 16.1. The van der Waals surface area contributed by atoms with E-state index in [9.17, 15) is 9.90 Å². The molecule has 1 aromatic heterocycles. The molecule has 122 valence electrons. The molecule has 0 spiro atoms. The summed E-state index contributed by atoms with van der Waals surface area (Å²) in [6.45, 7) is 4.21. The van der Waals surface area contributed by atoms with E-state index in [2.05, 4.69) is 15.5 Å². The van der Waals surface area contributed by atoms with E-state index in [1.807, 2.05) is 19.2 Å². The lowest BCUT2D eigenvalue weighted by molar-refractivity contribution is -0.153. The minimum Gasteiger partial charge on any atom is -0.464 e. The van der Waals surface area contributed by atoms with Gasteiger partial charge >= 0.3 is 5.97 Å². The van der Waals surface area contributed by atoms with Gasteiger partial charge in [0.1, 0.15) is 5.82 Å². The first kappa shape index (κ1) is 14.6. The van der Waals surface area contributed by atoms with E-state index in [1.54, 1.807) is 6.92 Å². The van der Waals surface area contributed by atoms with Crippen molar-refractivity contribution in [1.82, 2.24) is 4.57 Å². The van der Waals surface area contributed by atoms with Crippen LogP contribution in [-0.2, 0) is 16.6 Å². The zero-order valence-corrected chi connectivity index (χ0v) is 13.6. The average Bonchev–Trinajstić information content (AvgIpc) is 2.91. The van der Waals surface area contributed by atoms with Gasteiger partial charge in [0.2, 0.25) is 0 Å². The number of para-hydroxylation sites is 1. The Morgan fingerprint density at radius 3 is 2.83 bits per heavy atom. The quantitative estimate of drug-likeness (QED) is 0.884. The van der Waals surface area contributed by atoms with Gasteiger partial charge in [-0.05, 0) is 25.7 Å². The highest BCUT2D eigenvalue weighted by molar-refractivity contribution is 5.96. The second-order valence-electron chi connectivity index (χ2n) is 6.46. The summed E-state index contributed by atoms with van der Waals surface area (Å²) < 4.78 is 7.14. The lowest BCUT2D eigenvalue weighted by atomic mass is 9.84. The van der Waals surface area contributed by atoms with E-state index in [0.717, 1.165) is 24.0 Å². The Bertz CT molecular complexity index is 772. The number of benzene rings is 1. The number of esters is 1. The van der Waals surface area contributed by atoms with Crippen molar-refractivity contribution in [2.24, 2.45) is 7.05 Å². The SMILES string of the molecule is CCOC(=O)C(O)c1cccc2c3c(n(C)c12)N1CCC3CC1. The highest BCUT2D eigenvalue weighted by Crippen LogP contribution is 2.48. The fourth-order valence-corrected chi connectivity index (χ4v) is 4.29. The maximum absolute atomic E-state index is 12.0. The number of aliphatic hydroxyl groups is 1. The number of fused-ring (bicyclic) bond motifs is 3. The van der Waals surface area contributed by atoms with Crippen molar-refractivity contribution < 1.29 is 14.6 Å². The first-order valence-electron chi connectivity index (χ1n) is 8.34. The maximum Gasteiger partial charge on any atom is 0.339 e. The van der Waals surface area contributed by atoms with E-state index >= 15 is 0 Å². The summed E-state index contributed by atoms with van der Waals surface area (Å²) in [6, 6.07) is 5.86. The van der Waals surface area contributed by atoms with Gasteiger partial charge in [-0.15, -0.1) is 0 Å². The summed E-state index contributed by atoms with van der Waals surface area (Å²) in [5.74, 6) is 1.27. The van der Waals surface area contributed by atoms with Crippen LogP contribution in [0.2, 0.25) is 0 Å². The van der Waals surface area contributed by atoms with Gasteiger partial charge in [-0.1, -0.05) is 18.2 Å². The second-order valence-corrected chi connectivity index (χ2v) is 6.46. The molecule has 1 N–H and O–H groups in total. The highest BCUT2D eigenvalue weighted by Gasteiger charge is 2.36. The molecule has 1 aromatic carbocycles. The van der Waals surface area contributed by atoms with Crippen LogP contribution < -0.4 is 4.90 Å². The molecule has 0 saturated carbocycles. The molecule has 5 rings (SSSR count). The summed E-state index contributed by atoms with van der Waals surface area (Å²) >= 11 is 0. The van der Waals surface area contributed by atoms with Crippen LogP contribution in [0.25, 0.3) is 10.9 Å². The normalized spacial score (nSPS) is 18.3. The third kappa shape index (κ3) is 1.99. The number of piperidine rings is 1. The molecule has 23 heavy (non-hydrogen) atoms. The molecule has 0 aliphatic carbocycles. The lowest BCUT2D eigenvalue weighted by Gasteiger charge is -2.41. The molecule has 1 saturated heterocycles. The van der Waals surface area contributed by atoms with Crippen LogP contribution in [0.5, 0.6) is 0 Å². The van der Waals surface area contributed by atoms with E-state index in [-0.39, 0.29) is 6.61 Å². The third-order valence-corrected chi connectivity index (χ3v) is 5.26. The summed E-state index contributed by atoms with van der Waals surface area (Å²) in [5, 5.41) is 11.6. The topological polar surface area (TPSA) is 54.7 Å². The first-order chi connectivity index (χ1) is 11.1. The first-order valence-corrected chi connectivity index (χ1v) is 8.34. The summed E-state index contributed by atoms with van der Waals surface area (Å²) in [6.07, 6.45) is 1.15. The number of aliphatic hydroxyl groups excluding tert-OH is 1. The van der Waals surface area contributed by atoms with Crippen LogP contribution in [0.4, 0.5) is 5.82 Å². The van der Waals surface area contributed by atoms with Gasteiger partial charge in [0, 0.05) is 36.7 Å². The molecule has 5 nitrogen and oxygen atoms in total. The molecule has 2 bridgehead atoms. The van der Waals surface area contributed by atoms with E-state index in [0.29, 0.717) is 11.5 Å². The third-order valence-electron chi connectivity index (χ3n) is 5.26. The fraction of sp³-hybridized carbons (Fsp3) is 0.500. The van der Waals surface area contributed by atoms with Gasteiger partial charge in [0.25, 0.3) is 0 Å². The minimum atomic E-state index is -1.23. The standard InChI is InChI=1S/C18H22N2O3/c1-3-23-18(22)16(21)13-6-4-5-12-14-11-7-9-20(10-8-11)17(14)19(2)15(12)13/h4-6,11,16,21H,3,7-10H2,1-2H3. The van der Waals surface area contributed by atoms with Gasteiger partial charge in [-0.2, -0.15) is 0 Å². The zero-order valence-electron chi connectivity index (χ0n) is 13.6. The van der Waals surface area contributed by atoms with Crippen molar-refractivity contribution in [3.8, 4) is 0 Å². The Balaban J connectivity index is 1.92. The highest BCUT2D eigenvalue weighted by atomic mass is 16.5. The van der Waals surface area contributed by atoms with Crippen molar-refractivity contribution in [1.29, 1.82) is 0 Å². The number of hydrogen-bond acceptors (Lipinski definition) is 4. The van der Waals surface area contributed by atoms with Crippen molar-refractivity contribution in [2.75, 3.05) is 24.6 Å². The molecule has 0 amide bonds. The molecule has 3 aliphatic heterocycles. The average molecular weight is 314 g/mol. The molecule has 5 heteroatoms. The monoisotopic (exact) mass is 314 g/mol. The predicted octanol–water partition coefficient (Wildman–Crippen LogP) is 2.47. The number of carbonyl (C=O) groups is 1. The van der Waals surface area contributed by atoms with Crippen molar-refractivity contribution in [2.45, 2.75) is 31.8 Å². The van der Waals surface area contributed by atoms with Gasteiger partial charge in [-0.3, -0.25) is 0 Å². The number of anilines is 1. The van der Waals surface area contributed by atoms with Crippen LogP contribution in [-0.4, -0.2) is 35.3 Å². The summed E-state index contributed by atoms with van der Waals surface area (Å²) in [5.41, 5.74) is 2.98. The summed E-state index contributed by atoms with van der Waals surface area (Å²) in [4.78, 5) is 14.4.